The molecule has 1 rings (SSSR count). The number of aliphatic carboxylic acids is 1. The number of benzene rings is 1. The fraction of sp³-hybridized carbons (Fsp3) is 0.300. The number of aliphatic hydroxyl groups is 1. The first kappa shape index (κ1) is 12.9. The third-order valence-corrected chi connectivity index (χ3v) is 2.36. The molecule has 0 bridgehead atoms. The lowest BCUT2D eigenvalue weighted by Gasteiger charge is -2.11. The highest BCUT2D eigenvalue weighted by Gasteiger charge is 2.10. The van der Waals surface area contributed by atoms with E-state index in [4.69, 9.17) is 5.11 Å². The second-order valence-corrected chi connectivity index (χ2v) is 4.17. The summed E-state index contributed by atoms with van der Waals surface area (Å²) in [5.41, 5.74) is 0.221. The minimum absolute atomic E-state index is 0.0142. The molecule has 0 amide bonds. The average Bonchev–Trinajstić information content (AvgIpc) is 2.18. The van der Waals surface area contributed by atoms with E-state index in [1.807, 2.05) is 0 Å². The van der Waals surface area contributed by atoms with E-state index >= 15 is 0 Å². The van der Waals surface area contributed by atoms with Crippen molar-refractivity contribution in [3.63, 3.8) is 0 Å². The topological polar surface area (TPSA) is 69.6 Å². The van der Waals surface area contributed by atoms with Gasteiger partial charge in [0.1, 0.15) is 5.82 Å². The molecule has 1 aromatic rings. The zero-order chi connectivity index (χ0) is 12.1. The summed E-state index contributed by atoms with van der Waals surface area (Å²) in [6.45, 7) is -0.0142. The molecular formula is C10H11BrFNO3. The predicted octanol–water partition coefficient (Wildman–Crippen LogP) is 1.84. The first-order valence-corrected chi connectivity index (χ1v) is 5.37. The first-order chi connectivity index (χ1) is 7.49. The Kier molecular flexibility index (Phi) is 4.70. The van der Waals surface area contributed by atoms with E-state index < -0.39 is 17.9 Å². The van der Waals surface area contributed by atoms with Gasteiger partial charge < -0.3 is 15.5 Å². The third-order valence-electron chi connectivity index (χ3n) is 1.87. The molecule has 0 radical (unpaired) electrons. The first-order valence-electron chi connectivity index (χ1n) is 4.58. The van der Waals surface area contributed by atoms with Gasteiger partial charge in [-0.15, -0.1) is 0 Å². The quantitative estimate of drug-likeness (QED) is 0.774. The third kappa shape index (κ3) is 4.16. The number of carboxylic acid groups (broad SMARTS) is 1. The van der Waals surface area contributed by atoms with Crippen LogP contribution < -0.4 is 5.32 Å². The summed E-state index contributed by atoms with van der Waals surface area (Å²) < 4.78 is 13.9. The monoisotopic (exact) mass is 291 g/mol. The maximum Gasteiger partial charge on any atom is 0.306 e. The van der Waals surface area contributed by atoms with Crippen molar-refractivity contribution in [1.82, 2.24) is 0 Å². The van der Waals surface area contributed by atoms with Crippen molar-refractivity contribution in [3.05, 3.63) is 28.5 Å². The minimum Gasteiger partial charge on any atom is -0.481 e. The molecule has 0 saturated heterocycles. The van der Waals surface area contributed by atoms with Gasteiger partial charge in [-0.1, -0.05) is 15.9 Å². The summed E-state index contributed by atoms with van der Waals surface area (Å²) in [5, 5.41) is 20.3. The highest BCUT2D eigenvalue weighted by molar-refractivity contribution is 9.10. The number of nitrogens with one attached hydrogen (secondary N) is 1. The van der Waals surface area contributed by atoms with Crippen molar-refractivity contribution >= 4 is 27.6 Å². The van der Waals surface area contributed by atoms with Crippen LogP contribution in [0.5, 0.6) is 0 Å². The summed E-state index contributed by atoms with van der Waals surface area (Å²) in [5.74, 6) is -1.55. The summed E-state index contributed by atoms with van der Waals surface area (Å²) in [6.07, 6.45) is -1.42. The number of rotatable bonds is 5. The fourth-order valence-electron chi connectivity index (χ4n) is 1.13. The van der Waals surface area contributed by atoms with Gasteiger partial charge in [0.2, 0.25) is 0 Å². The molecule has 0 aliphatic rings. The molecule has 1 aromatic carbocycles. The Balaban J connectivity index is 2.54. The van der Waals surface area contributed by atoms with Gasteiger partial charge in [-0.05, 0) is 18.2 Å². The molecule has 4 nitrogen and oxygen atoms in total. The van der Waals surface area contributed by atoms with Crippen LogP contribution in [-0.2, 0) is 4.79 Å². The number of carboxylic acids is 1. The molecule has 16 heavy (non-hydrogen) atoms. The van der Waals surface area contributed by atoms with Crippen molar-refractivity contribution < 1.29 is 19.4 Å². The highest BCUT2D eigenvalue weighted by atomic mass is 79.9. The van der Waals surface area contributed by atoms with Crippen molar-refractivity contribution in [2.75, 3.05) is 11.9 Å². The molecule has 1 unspecified atom stereocenters. The van der Waals surface area contributed by atoms with Crippen LogP contribution in [0.2, 0.25) is 0 Å². The lowest BCUT2D eigenvalue weighted by molar-refractivity contribution is -0.138. The van der Waals surface area contributed by atoms with Crippen molar-refractivity contribution in [2.45, 2.75) is 12.5 Å². The zero-order valence-electron chi connectivity index (χ0n) is 8.28. The summed E-state index contributed by atoms with van der Waals surface area (Å²) in [7, 11) is 0. The Hall–Kier alpha value is -1.14. The molecule has 0 saturated carbocycles. The van der Waals surface area contributed by atoms with Gasteiger partial charge in [0.15, 0.2) is 0 Å². The molecule has 0 heterocycles. The number of anilines is 1. The van der Waals surface area contributed by atoms with E-state index in [9.17, 15) is 14.3 Å². The Morgan fingerprint density at radius 1 is 1.56 bits per heavy atom. The Morgan fingerprint density at radius 2 is 2.25 bits per heavy atom. The van der Waals surface area contributed by atoms with Gasteiger partial charge >= 0.3 is 5.97 Å². The largest absolute Gasteiger partial charge is 0.481 e. The number of carbonyl (C=O) groups is 1. The molecule has 88 valence electrons. The molecule has 3 N–H and O–H groups in total. The van der Waals surface area contributed by atoms with Crippen LogP contribution in [0.15, 0.2) is 22.7 Å². The van der Waals surface area contributed by atoms with Crippen LogP contribution in [0.3, 0.4) is 0 Å². The van der Waals surface area contributed by atoms with Crippen LogP contribution in [0.4, 0.5) is 10.1 Å². The van der Waals surface area contributed by atoms with Crippen LogP contribution >= 0.6 is 15.9 Å². The zero-order valence-corrected chi connectivity index (χ0v) is 9.87. The van der Waals surface area contributed by atoms with Crippen LogP contribution in [0, 0.1) is 5.82 Å². The van der Waals surface area contributed by atoms with Gasteiger partial charge in [0, 0.05) is 11.0 Å². The smallest absolute Gasteiger partial charge is 0.306 e. The second-order valence-electron chi connectivity index (χ2n) is 3.26. The summed E-state index contributed by atoms with van der Waals surface area (Å²) >= 11 is 3.18. The van der Waals surface area contributed by atoms with E-state index in [1.54, 1.807) is 6.07 Å². The Morgan fingerprint density at radius 3 is 2.88 bits per heavy atom. The Labute approximate surface area is 100 Å². The van der Waals surface area contributed by atoms with Gasteiger partial charge in [-0.3, -0.25) is 4.79 Å². The van der Waals surface area contributed by atoms with E-state index in [2.05, 4.69) is 21.2 Å². The van der Waals surface area contributed by atoms with Crippen molar-refractivity contribution in [1.29, 1.82) is 0 Å². The normalized spacial score (nSPS) is 12.2. The summed E-state index contributed by atoms with van der Waals surface area (Å²) in [4.78, 5) is 10.3. The van der Waals surface area contributed by atoms with Crippen LogP contribution in [0.1, 0.15) is 6.42 Å². The minimum atomic E-state index is -1.09. The van der Waals surface area contributed by atoms with Gasteiger partial charge in [0.25, 0.3) is 0 Å². The molecule has 1 atom stereocenters. The number of hydrogen-bond donors (Lipinski definition) is 3. The molecule has 0 aliphatic carbocycles. The standard InChI is InChI=1S/C10H11BrFNO3/c11-6-1-2-8(12)9(3-6)13-5-7(14)4-10(15)16/h1-3,7,13-14H,4-5H2,(H,15,16). The average molecular weight is 292 g/mol. The van der Waals surface area contributed by atoms with Gasteiger partial charge in [-0.25, -0.2) is 4.39 Å². The predicted molar refractivity (Wildman–Crippen MR) is 60.8 cm³/mol. The van der Waals surface area contributed by atoms with Gasteiger partial charge in [0.05, 0.1) is 18.2 Å². The molecule has 0 fully saturated rings. The lowest BCUT2D eigenvalue weighted by Crippen LogP contribution is -2.22. The lowest BCUT2D eigenvalue weighted by atomic mass is 10.2. The van der Waals surface area contributed by atoms with Crippen molar-refractivity contribution in [2.24, 2.45) is 0 Å². The highest BCUT2D eigenvalue weighted by Crippen LogP contribution is 2.19. The fourth-order valence-corrected chi connectivity index (χ4v) is 1.50. The van der Waals surface area contributed by atoms with E-state index in [0.717, 1.165) is 0 Å². The SMILES string of the molecule is O=C(O)CC(O)CNc1cc(Br)ccc1F. The number of aliphatic hydroxyl groups excluding tert-OH is 1. The maximum atomic E-state index is 13.2. The molecule has 0 aromatic heterocycles. The molecule has 6 heteroatoms. The molecule has 0 spiro atoms. The molecule has 0 aliphatic heterocycles. The molecular weight excluding hydrogens is 281 g/mol. The summed E-state index contributed by atoms with van der Waals surface area (Å²) in [6, 6.07) is 4.34. The van der Waals surface area contributed by atoms with E-state index in [0.29, 0.717) is 4.47 Å². The van der Waals surface area contributed by atoms with E-state index in [1.165, 1.54) is 12.1 Å². The van der Waals surface area contributed by atoms with Crippen molar-refractivity contribution in [3.8, 4) is 0 Å². The van der Waals surface area contributed by atoms with Gasteiger partial charge in [-0.2, -0.15) is 0 Å². The second kappa shape index (κ2) is 5.81. The van der Waals surface area contributed by atoms with Crippen LogP contribution in [0.25, 0.3) is 0 Å². The number of halogens is 2. The van der Waals surface area contributed by atoms with E-state index in [-0.39, 0.29) is 18.7 Å². The Bertz CT molecular complexity index is 386. The maximum absolute atomic E-state index is 13.2. The number of hydrogen-bond acceptors (Lipinski definition) is 3. The van der Waals surface area contributed by atoms with Crippen LogP contribution in [-0.4, -0.2) is 28.8 Å².